The second-order valence-electron chi connectivity index (χ2n) is 5.75. The molecular formula is C18H20N4O2. The van der Waals surface area contributed by atoms with Gasteiger partial charge in [0, 0.05) is 31.0 Å². The lowest BCUT2D eigenvalue weighted by Gasteiger charge is -2.32. The van der Waals surface area contributed by atoms with Crippen molar-refractivity contribution in [2.75, 3.05) is 18.4 Å². The Hall–Kier alpha value is -2.89. The Morgan fingerprint density at radius 3 is 2.38 bits per heavy atom. The van der Waals surface area contributed by atoms with Gasteiger partial charge in [0.2, 0.25) is 0 Å². The zero-order valence-electron chi connectivity index (χ0n) is 13.3. The van der Waals surface area contributed by atoms with Crippen molar-refractivity contribution in [3.05, 3.63) is 60.4 Å². The number of carbonyl (C=O) groups is 2. The van der Waals surface area contributed by atoms with E-state index in [4.69, 9.17) is 0 Å². The molecule has 0 spiro atoms. The topological polar surface area (TPSA) is 74.3 Å². The Morgan fingerprint density at radius 2 is 1.71 bits per heavy atom. The number of rotatable bonds is 3. The number of urea groups is 1. The van der Waals surface area contributed by atoms with Gasteiger partial charge in [-0.3, -0.25) is 9.78 Å². The molecule has 1 fully saturated rings. The van der Waals surface area contributed by atoms with E-state index in [1.54, 1.807) is 23.2 Å². The quantitative estimate of drug-likeness (QED) is 0.911. The van der Waals surface area contributed by atoms with Gasteiger partial charge in [0.15, 0.2) is 0 Å². The molecule has 2 aromatic rings. The number of pyridine rings is 1. The summed E-state index contributed by atoms with van der Waals surface area (Å²) in [6.07, 6.45) is 3.09. The maximum Gasteiger partial charge on any atom is 0.319 e. The highest BCUT2D eigenvalue weighted by molar-refractivity contribution is 5.92. The van der Waals surface area contributed by atoms with Crippen LogP contribution in [0.1, 0.15) is 23.3 Å². The number of hydrogen-bond donors (Lipinski definition) is 2. The molecule has 24 heavy (non-hydrogen) atoms. The van der Waals surface area contributed by atoms with Crippen molar-refractivity contribution >= 4 is 17.6 Å². The normalized spacial score (nSPS) is 14.9. The van der Waals surface area contributed by atoms with Gasteiger partial charge in [-0.2, -0.15) is 0 Å². The monoisotopic (exact) mass is 324 g/mol. The molecular weight excluding hydrogens is 304 g/mol. The molecule has 1 aliphatic heterocycles. The second-order valence-corrected chi connectivity index (χ2v) is 5.75. The third-order valence-corrected chi connectivity index (χ3v) is 4.03. The van der Waals surface area contributed by atoms with Gasteiger partial charge in [0.1, 0.15) is 5.69 Å². The molecule has 6 nitrogen and oxygen atoms in total. The lowest BCUT2D eigenvalue weighted by atomic mass is 10.0. The predicted molar refractivity (Wildman–Crippen MR) is 91.8 cm³/mol. The van der Waals surface area contributed by atoms with E-state index < -0.39 is 0 Å². The van der Waals surface area contributed by atoms with E-state index in [1.807, 2.05) is 36.4 Å². The van der Waals surface area contributed by atoms with Crippen LogP contribution in [-0.2, 0) is 0 Å². The molecule has 0 unspecified atom stereocenters. The molecule has 0 bridgehead atoms. The minimum atomic E-state index is -0.212. The molecule has 1 aromatic carbocycles. The van der Waals surface area contributed by atoms with E-state index in [-0.39, 0.29) is 18.0 Å². The standard InChI is InChI=1S/C18H20N4O2/c23-17(16-8-4-5-11-19-16)22-12-9-15(10-13-22)21-18(24)20-14-6-2-1-3-7-14/h1-8,11,15H,9-10,12-13H2,(H2,20,21,24). The van der Waals surface area contributed by atoms with Crippen LogP contribution < -0.4 is 10.6 Å². The number of carbonyl (C=O) groups excluding carboxylic acids is 2. The Bertz CT molecular complexity index is 683. The Labute approximate surface area is 140 Å². The Morgan fingerprint density at radius 1 is 1.00 bits per heavy atom. The number of amides is 3. The molecule has 2 N–H and O–H groups in total. The first-order valence-corrected chi connectivity index (χ1v) is 8.05. The van der Waals surface area contributed by atoms with Gasteiger partial charge in [-0.25, -0.2) is 4.79 Å². The predicted octanol–water partition coefficient (Wildman–Crippen LogP) is 2.51. The van der Waals surface area contributed by atoms with Crippen LogP contribution in [0, 0.1) is 0 Å². The minimum Gasteiger partial charge on any atom is -0.337 e. The van der Waals surface area contributed by atoms with Crippen molar-refractivity contribution in [2.45, 2.75) is 18.9 Å². The summed E-state index contributed by atoms with van der Waals surface area (Å²) in [6, 6.07) is 14.5. The average molecular weight is 324 g/mol. The summed E-state index contributed by atoms with van der Waals surface area (Å²) in [4.78, 5) is 30.2. The number of nitrogens with one attached hydrogen (secondary N) is 2. The van der Waals surface area contributed by atoms with E-state index in [2.05, 4.69) is 15.6 Å². The molecule has 1 aliphatic rings. The van der Waals surface area contributed by atoms with E-state index in [9.17, 15) is 9.59 Å². The molecule has 0 aliphatic carbocycles. The fraction of sp³-hybridized carbons (Fsp3) is 0.278. The summed E-state index contributed by atoms with van der Waals surface area (Å²) in [5.41, 5.74) is 1.23. The molecule has 1 aromatic heterocycles. The van der Waals surface area contributed by atoms with Crippen LogP contribution in [0.2, 0.25) is 0 Å². The zero-order chi connectivity index (χ0) is 16.8. The van der Waals surface area contributed by atoms with E-state index >= 15 is 0 Å². The van der Waals surface area contributed by atoms with E-state index in [0.717, 1.165) is 18.5 Å². The SMILES string of the molecule is O=C(Nc1ccccc1)NC1CCN(C(=O)c2ccccn2)CC1. The molecule has 1 saturated heterocycles. The fourth-order valence-electron chi connectivity index (χ4n) is 2.75. The molecule has 0 atom stereocenters. The van der Waals surface area contributed by atoms with Gasteiger partial charge in [-0.15, -0.1) is 0 Å². The molecule has 0 saturated carbocycles. The molecule has 124 valence electrons. The van der Waals surface area contributed by atoms with Gasteiger partial charge in [0.05, 0.1) is 0 Å². The number of aromatic nitrogens is 1. The molecule has 3 amide bonds. The highest BCUT2D eigenvalue weighted by Gasteiger charge is 2.25. The van der Waals surface area contributed by atoms with Crippen LogP contribution in [0.15, 0.2) is 54.7 Å². The third kappa shape index (κ3) is 4.10. The number of para-hydroxylation sites is 1. The van der Waals surface area contributed by atoms with Crippen LogP contribution in [0.3, 0.4) is 0 Å². The van der Waals surface area contributed by atoms with Crippen LogP contribution >= 0.6 is 0 Å². The van der Waals surface area contributed by atoms with Gasteiger partial charge in [0.25, 0.3) is 5.91 Å². The second kappa shape index (κ2) is 7.59. The largest absolute Gasteiger partial charge is 0.337 e. The van der Waals surface area contributed by atoms with Crippen molar-refractivity contribution in [1.29, 1.82) is 0 Å². The van der Waals surface area contributed by atoms with Gasteiger partial charge < -0.3 is 15.5 Å². The average Bonchev–Trinajstić information content (AvgIpc) is 2.63. The van der Waals surface area contributed by atoms with Gasteiger partial charge >= 0.3 is 6.03 Å². The third-order valence-electron chi connectivity index (χ3n) is 4.03. The first-order valence-electron chi connectivity index (χ1n) is 8.05. The summed E-state index contributed by atoms with van der Waals surface area (Å²) in [5, 5.41) is 5.77. The summed E-state index contributed by atoms with van der Waals surface area (Å²) < 4.78 is 0. The lowest BCUT2D eigenvalue weighted by Crippen LogP contribution is -2.47. The number of anilines is 1. The Kier molecular flexibility index (Phi) is 5.05. The van der Waals surface area contributed by atoms with E-state index in [1.165, 1.54) is 0 Å². The number of benzene rings is 1. The summed E-state index contributed by atoms with van der Waals surface area (Å²) in [7, 11) is 0. The lowest BCUT2D eigenvalue weighted by molar-refractivity contribution is 0.0703. The van der Waals surface area contributed by atoms with Crippen LogP contribution in [0.4, 0.5) is 10.5 Å². The number of hydrogen-bond acceptors (Lipinski definition) is 3. The van der Waals surface area contributed by atoms with Crippen LogP contribution in [0.5, 0.6) is 0 Å². The summed E-state index contributed by atoms with van der Waals surface area (Å²) >= 11 is 0. The van der Waals surface area contributed by atoms with Crippen molar-refractivity contribution < 1.29 is 9.59 Å². The first-order chi connectivity index (χ1) is 11.7. The van der Waals surface area contributed by atoms with Crippen molar-refractivity contribution in [2.24, 2.45) is 0 Å². The fourth-order valence-corrected chi connectivity index (χ4v) is 2.75. The highest BCUT2D eigenvalue weighted by atomic mass is 16.2. The first kappa shape index (κ1) is 16.0. The van der Waals surface area contributed by atoms with Crippen LogP contribution in [0.25, 0.3) is 0 Å². The maximum absolute atomic E-state index is 12.3. The molecule has 3 rings (SSSR count). The minimum absolute atomic E-state index is 0.0530. The van der Waals surface area contributed by atoms with Crippen LogP contribution in [-0.4, -0.2) is 41.0 Å². The molecule has 0 radical (unpaired) electrons. The highest BCUT2D eigenvalue weighted by Crippen LogP contribution is 2.13. The zero-order valence-corrected chi connectivity index (χ0v) is 13.3. The summed E-state index contributed by atoms with van der Waals surface area (Å²) in [6.45, 7) is 1.23. The number of likely N-dealkylation sites (tertiary alicyclic amines) is 1. The molecule has 2 heterocycles. The van der Waals surface area contributed by atoms with E-state index in [0.29, 0.717) is 18.8 Å². The molecule has 6 heteroatoms. The van der Waals surface area contributed by atoms with Gasteiger partial charge in [-0.1, -0.05) is 24.3 Å². The Balaban J connectivity index is 1.47. The summed E-state index contributed by atoms with van der Waals surface area (Å²) in [5.74, 6) is -0.0530. The van der Waals surface area contributed by atoms with Crippen molar-refractivity contribution in [3.63, 3.8) is 0 Å². The van der Waals surface area contributed by atoms with Crippen molar-refractivity contribution in [1.82, 2.24) is 15.2 Å². The van der Waals surface area contributed by atoms with Crippen molar-refractivity contribution in [3.8, 4) is 0 Å². The number of nitrogens with zero attached hydrogens (tertiary/aromatic N) is 2. The number of piperidine rings is 1. The van der Waals surface area contributed by atoms with Gasteiger partial charge in [-0.05, 0) is 37.1 Å². The maximum atomic E-state index is 12.3. The smallest absolute Gasteiger partial charge is 0.319 e.